The zero-order valence-corrected chi connectivity index (χ0v) is 10.7. The van der Waals surface area contributed by atoms with Crippen LogP contribution in [0, 0.1) is 0 Å². The van der Waals surface area contributed by atoms with Crippen LogP contribution in [0.2, 0.25) is 0 Å². The Morgan fingerprint density at radius 3 is 2.25 bits per heavy atom. The first-order chi connectivity index (χ1) is 7.79. The van der Waals surface area contributed by atoms with Crippen LogP contribution in [-0.4, -0.2) is 0 Å². The van der Waals surface area contributed by atoms with Gasteiger partial charge in [0.05, 0.1) is 0 Å². The molecule has 0 aromatic carbocycles. The van der Waals surface area contributed by atoms with Crippen LogP contribution in [0.15, 0.2) is 60.5 Å². The van der Waals surface area contributed by atoms with Gasteiger partial charge >= 0.3 is 0 Å². The Bertz CT molecular complexity index is 303. The lowest BCUT2D eigenvalue weighted by Crippen LogP contribution is -2.04. The summed E-state index contributed by atoms with van der Waals surface area (Å²) in [4.78, 5) is 0. The number of hydrogen-bond donors (Lipinski definition) is 1. The SMILES string of the molecule is C=CC(/C=C\CC)=C(/C=C\CC)N/C=C\C. The van der Waals surface area contributed by atoms with Gasteiger partial charge in [-0.2, -0.15) is 0 Å². The highest BCUT2D eigenvalue weighted by Gasteiger charge is 1.94. The molecule has 0 radical (unpaired) electrons. The first-order valence-electron chi connectivity index (χ1n) is 5.87. The van der Waals surface area contributed by atoms with E-state index in [-0.39, 0.29) is 0 Å². The predicted octanol–water partition coefficient (Wildman–Crippen LogP) is 4.48. The van der Waals surface area contributed by atoms with Crippen LogP contribution in [-0.2, 0) is 0 Å². The molecule has 0 atom stereocenters. The fourth-order valence-corrected chi connectivity index (χ4v) is 1.15. The van der Waals surface area contributed by atoms with Crippen molar-refractivity contribution in [2.75, 3.05) is 0 Å². The van der Waals surface area contributed by atoms with Crippen LogP contribution in [0.25, 0.3) is 0 Å². The second-order valence-corrected chi connectivity index (χ2v) is 3.34. The Hall–Kier alpha value is -1.50. The van der Waals surface area contributed by atoms with E-state index in [0.29, 0.717) is 0 Å². The molecule has 88 valence electrons. The van der Waals surface area contributed by atoms with Gasteiger partial charge in [-0.25, -0.2) is 0 Å². The number of rotatable bonds is 7. The van der Waals surface area contributed by atoms with Crippen molar-refractivity contribution >= 4 is 0 Å². The van der Waals surface area contributed by atoms with E-state index >= 15 is 0 Å². The standard InChI is InChI=1S/C15H23N/c1-5-9-11-14(8-4)15(12-10-6-2)16-13-7-3/h7-13,16H,4-6H2,1-3H3/b11-9-,12-10-,13-7-,15-14+. The zero-order valence-electron chi connectivity index (χ0n) is 10.7. The molecule has 0 unspecified atom stereocenters. The molecule has 0 rings (SSSR count). The third kappa shape index (κ3) is 6.07. The molecule has 0 spiro atoms. The molecule has 1 nitrogen and oxygen atoms in total. The van der Waals surface area contributed by atoms with Crippen molar-refractivity contribution < 1.29 is 0 Å². The minimum absolute atomic E-state index is 1.03. The van der Waals surface area contributed by atoms with Crippen LogP contribution < -0.4 is 5.32 Å². The maximum Gasteiger partial charge on any atom is 0.0449 e. The molecule has 1 heteroatoms. The van der Waals surface area contributed by atoms with Gasteiger partial charge in [-0.1, -0.05) is 50.8 Å². The van der Waals surface area contributed by atoms with Crippen molar-refractivity contribution in [3.05, 3.63) is 60.5 Å². The summed E-state index contributed by atoms with van der Waals surface area (Å²) in [6, 6.07) is 0. The lowest BCUT2D eigenvalue weighted by Gasteiger charge is -2.05. The predicted molar refractivity (Wildman–Crippen MR) is 74.0 cm³/mol. The Kier molecular flexibility index (Phi) is 9.09. The van der Waals surface area contributed by atoms with E-state index in [0.717, 1.165) is 24.1 Å². The van der Waals surface area contributed by atoms with Crippen LogP contribution in [0.3, 0.4) is 0 Å². The fourth-order valence-electron chi connectivity index (χ4n) is 1.15. The molecule has 0 aromatic heterocycles. The monoisotopic (exact) mass is 217 g/mol. The van der Waals surface area contributed by atoms with E-state index in [1.165, 1.54) is 0 Å². The second kappa shape index (κ2) is 10.0. The summed E-state index contributed by atoms with van der Waals surface area (Å²) in [6.07, 6.45) is 16.3. The maximum absolute atomic E-state index is 3.84. The molecule has 0 saturated heterocycles. The molecule has 16 heavy (non-hydrogen) atoms. The van der Waals surface area contributed by atoms with E-state index in [1.54, 1.807) is 0 Å². The lowest BCUT2D eigenvalue weighted by molar-refractivity contribution is 1.08. The van der Waals surface area contributed by atoms with E-state index in [2.05, 4.69) is 50.0 Å². The largest absolute Gasteiger partial charge is 0.362 e. The van der Waals surface area contributed by atoms with E-state index in [9.17, 15) is 0 Å². The third-order valence-corrected chi connectivity index (χ3v) is 1.99. The lowest BCUT2D eigenvalue weighted by atomic mass is 10.1. The Labute approximate surface area is 100.0 Å². The average molecular weight is 217 g/mol. The first-order valence-corrected chi connectivity index (χ1v) is 5.87. The zero-order chi connectivity index (χ0) is 12.2. The van der Waals surface area contributed by atoms with Gasteiger partial charge in [0.25, 0.3) is 0 Å². The van der Waals surface area contributed by atoms with Crippen LogP contribution in [0.1, 0.15) is 33.6 Å². The van der Waals surface area contributed by atoms with Crippen LogP contribution in [0.4, 0.5) is 0 Å². The first kappa shape index (κ1) is 14.5. The number of allylic oxidation sites excluding steroid dienone is 7. The molecule has 1 N–H and O–H groups in total. The molecule has 0 bridgehead atoms. The summed E-state index contributed by atoms with van der Waals surface area (Å²) in [5, 5.41) is 3.25. The topological polar surface area (TPSA) is 12.0 Å². The maximum atomic E-state index is 3.84. The molecule has 0 aromatic rings. The summed E-state index contributed by atoms with van der Waals surface area (Å²) in [6.45, 7) is 10.1. The van der Waals surface area contributed by atoms with E-state index < -0.39 is 0 Å². The molecule has 0 aliphatic heterocycles. The third-order valence-electron chi connectivity index (χ3n) is 1.99. The van der Waals surface area contributed by atoms with Crippen molar-refractivity contribution in [3.8, 4) is 0 Å². The summed E-state index contributed by atoms with van der Waals surface area (Å²) >= 11 is 0. The van der Waals surface area contributed by atoms with Gasteiger partial charge in [0.15, 0.2) is 0 Å². The van der Waals surface area contributed by atoms with Gasteiger partial charge in [-0.05, 0) is 37.6 Å². The normalized spacial score (nSPS) is 13.7. The number of nitrogens with one attached hydrogen (secondary N) is 1. The minimum Gasteiger partial charge on any atom is -0.362 e. The van der Waals surface area contributed by atoms with Crippen molar-refractivity contribution in [1.29, 1.82) is 0 Å². The fraction of sp³-hybridized carbons (Fsp3) is 0.333. The Morgan fingerprint density at radius 2 is 1.75 bits per heavy atom. The molecule has 0 amide bonds. The molecule has 0 aliphatic rings. The summed E-state index contributed by atoms with van der Waals surface area (Å²) in [5.41, 5.74) is 2.20. The van der Waals surface area contributed by atoms with Crippen molar-refractivity contribution in [3.63, 3.8) is 0 Å². The molecule has 0 aliphatic carbocycles. The summed E-state index contributed by atoms with van der Waals surface area (Å²) in [7, 11) is 0. The van der Waals surface area contributed by atoms with Crippen LogP contribution >= 0.6 is 0 Å². The van der Waals surface area contributed by atoms with Gasteiger partial charge in [0.1, 0.15) is 0 Å². The summed E-state index contributed by atoms with van der Waals surface area (Å²) in [5.74, 6) is 0. The molecule has 0 saturated carbocycles. The highest BCUT2D eigenvalue weighted by atomic mass is 14.8. The van der Waals surface area contributed by atoms with E-state index in [1.807, 2.05) is 25.3 Å². The quantitative estimate of drug-likeness (QED) is 0.620. The van der Waals surface area contributed by atoms with Gasteiger partial charge in [-0.15, -0.1) is 0 Å². The van der Waals surface area contributed by atoms with Gasteiger partial charge in [0, 0.05) is 5.70 Å². The smallest absolute Gasteiger partial charge is 0.0449 e. The molecule has 0 fully saturated rings. The molecular weight excluding hydrogens is 194 g/mol. The molecular formula is C15H23N. The highest BCUT2D eigenvalue weighted by molar-refractivity contribution is 5.39. The van der Waals surface area contributed by atoms with Gasteiger partial charge in [-0.3, -0.25) is 0 Å². The Morgan fingerprint density at radius 1 is 1.12 bits per heavy atom. The minimum atomic E-state index is 1.03. The van der Waals surface area contributed by atoms with Crippen molar-refractivity contribution in [2.24, 2.45) is 0 Å². The molecule has 0 heterocycles. The van der Waals surface area contributed by atoms with Crippen molar-refractivity contribution in [2.45, 2.75) is 33.6 Å². The van der Waals surface area contributed by atoms with E-state index in [4.69, 9.17) is 0 Å². The van der Waals surface area contributed by atoms with Gasteiger partial charge in [0.2, 0.25) is 0 Å². The Balaban J connectivity index is 5.02. The average Bonchev–Trinajstić information content (AvgIpc) is 2.32. The highest BCUT2D eigenvalue weighted by Crippen LogP contribution is 2.08. The number of hydrogen-bond acceptors (Lipinski definition) is 1. The second-order valence-electron chi connectivity index (χ2n) is 3.34. The van der Waals surface area contributed by atoms with Gasteiger partial charge < -0.3 is 5.32 Å². The van der Waals surface area contributed by atoms with Crippen LogP contribution in [0.5, 0.6) is 0 Å². The van der Waals surface area contributed by atoms with Crippen molar-refractivity contribution in [1.82, 2.24) is 5.32 Å². The summed E-state index contributed by atoms with van der Waals surface area (Å²) < 4.78 is 0.